The fourth-order valence-corrected chi connectivity index (χ4v) is 5.26. The van der Waals surface area contributed by atoms with E-state index in [4.69, 9.17) is 33.2 Å². The molecule has 4 aliphatic heterocycles. The molecule has 4 saturated heterocycles. The molecule has 0 radical (unpaired) electrons. The Balaban J connectivity index is 1.58. The molecule has 0 spiro atoms. The van der Waals surface area contributed by atoms with Gasteiger partial charge in [0.05, 0.1) is 19.3 Å². The van der Waals surface area contributed by atoms with Gasteiger partial charge in [-0.05, 0) is 40.5 Å². The lowest BCUT2D eigenvalue weighted by Gasteiger charge is -2.46. The minimum Gasteiger partial charge on any atom is -0.862 e. The smallest absolute Gasteiger partial charge is 0.364 e. The van der Waals surface area contributed by atoms with Crippen LogP contribution >= 0.6 is 0 Å². The predicted octanol–water partition coefficient (Wildman–Crippen LogP) is -2.81. The fourth-order valence-electron chi connectivity index (χ4n) is 5.26. The van der Waals surface area contributed by atoms with Gasteiger partial charge in [-0.25, -0.2) is 4.79 Å². The van der Waals surface area contributed by atoms with Gasteiger partial charge in [-0.2, -0.15) is 0 Å². The summed E-state index contributed by atoms with van der Waals surface area (Å²) >= 11 is 0. The number of hydrogen-bond donors (Lipinski definition) is 5. The molecule has 0 unspecified atom stereocenters. The van der Waals surface area contributed by atoms with E-state index in [9.17, 15) is 35.4 Å². The monoisotopic (exact) mass is 550 g/mol. The quantitative estimate of drug-likeness (QED) is 0.152. The molecule has 0 saturated carbocycles. The van der Waals surface area contributed by atoms with Gasteiger partial charge in [0.15, 0.2) is 17.9 Å². The van der Waals surface area contributed by atoms with Gasteiger partial charge in [0, 0.05) is 6.42 Å². The van der Waals surface area contributed by atoms with Gasteiger partial charge in [-0.3, -0.25) is 4.99 Å². The molecule has 4 heterocycles. The van der Waals surface area contributed by atoms with Crippen LogP contribution in [0.5, 0.6) is 0 Å². The third-order valence-corrected chi connectivity index (χ3v) is 6.84. The summed E-state index contributed by atoms with van der Waals surface area (Å²) in [5.74, 6) is -6.90. The van der Waals surface area contributed by atoms with Crippen LogP contribution in [0.3, 0.4) is 0 Å². The maximum Gasteiger partial charge on any atom is 0.364 e. The highest BCUT2D eigenvalue weighted by Crippen LogP contribution is 2.45. The zero-order valence-electron chi connectivity index (χ0n) is 21.8. The van der Waals surface area contributed by atoms with Crippen molar-refractivity contribution < 1.29 is 68.6 Å². The number of aliphatic imine (C=N–C) groups is 1. The summed E-state index contributed by atoms with van der Waals surface area (Å²) in [5.41, 5.74) is 0. The molecule has 5 N–H and O–H groups in total. The SMILES string of the molecule is CC([O-])=N[C@H]1[C@H]([C@H](O)[C@H](O)CO)O[C@@](OC[C@H]2O[C@@H]3OC(C)(C)O[C@@H]3[C@H]3OC(C)(C)O[C@H]32)(C(=O)O)C[C@@H]1O. The highest BCUT2D eigenvalue weighted by atomic mass is 16.9. The molecule has 0 bridgehead atoms. The topological polar surface area (TPSA) is 218 Å². The molecule has 218 valence electrons. The Hall–Kier alpha value is -1.50. The Bertz CT molecular complexity index is 909. The minimum atomic E-state index is -2.54. The molecule has 4 rings (SSSR count). The van der Waals surface area contributed by atoms with E-state index in [0.29, 0.717) is 0 Å². The van der Waals surface area contributed by atoms with Gasteiger partial charge in [0.2, 0.25) is 0 Å². The lowest BCUT2D eigenvalue weighted by atomic mass is 9.89. The second-order valence-electron chi connectivity index (χ2n) is 10.8. The number of aliphatic carboxylic acids is 1. The van der Waals surface area contributed by atoms with Crippen molar-refractivity contribution in [2.24, 2.45) is 4.99 Å². The Morgan fingerprint density at radius 3 is 2.26 bits per heavy atom. The highest BCUT2D eigenvalue weighted by molar-refractivity contribution is 5.76. The third-order valence-electron chi connectivity index (χ3n) is 6.84. The van der Waals surface area contributed by atoms with Crippen LogP contribution in [0, 0.1) is 0 Å². The number of fused-ring (bicyclic) bond motifs is 3. The van der Waals surface area contributed by atoms with Gasteiger partial charge in [-0.15, -0.1) is 0 Å². The first-order valence-electron chi connectivity index (χ1n) is 12.4. The largest absolute Gasteiger partial charge is 0.862 e. The zero-order chi connectivity index (χ0) is 28.2. The second-order valence-corrected chi connectivity index (χ2v) is 10.8. The number of rotatable bonds is 8. The number of aliphatic hydroxyl groups is 4. The normalized spacial score (nSPS) is 43.8. The van der Waals surface area contributed by atoms with E-state index >= 15 is 0 Å². The Morgan fingerprint density at radius 1 is 1.05 bits per heavy atom. The molecule has 4 aliphatic rings. The summed E-state index contributed by atoms with van der Waals surface area (Å²) in [6, 6.07) is -1.44. The standard InChI is InChI=1S/C23H37NO14/c1-9(26)24-13-10(27)6-23(20(30)31,37-16(13)14(29)11(28)7-25)32-8-12-15-17(35-21(2,3)34-15)18-19(33-12)38-22(4,5)36-18/h10-19,25,27-29H,6-8H2,1-5H3,(H,24,26)(H,30,31)/p-1/t10-,11+,12+,13+,14+,15-,16+,17-,18+,19+,23+/m0/s1. The molecule has 0 aromatic carbocycles. The van der Waals surface area contributed by atoms with Crippen molar-refractivity contribution in [2.45, 2.75) is 120 Å². The Morgan fingerprint density at radius 2 is 1.66 bits per heavy atom. The average molecular weight is 551 g/mol. The van der Waals surface area contributed by atoms with Gasteiger partial charge in [0.1, 0.15) is 48.8 Å². The highest BCUT2D eigenvalue weighted by Gasteiger charge is 2.62. The molecule has 15 heteroatoms. The van der Waals surface area contributed by atoms with E-state index in [1.54, 1.807) is 27.7 Å². The van der Waals surface area contributed by atoms with Gasteiger partial charge in [-0.1, -0.05) is 0 Å². The number of carbonyl (C=O) groups is 1. The van der Waals surface area contributed by atoms with Crippen LogP contribution in [0.25, 0.3) is 0 Å². The van der Waals surface area contributed by atoms with Crippen LogP contribution in [0.1, 0.15) is 41.0 Å². The van der Waals surface area contributed by atoms with Crippen LogP contribution in [0.2, 0.25) is 0 Å². The first kappa shape index (κ1) is 29.5. The van der Waals surface area contributed by atoms with E-state index in [0.717, 1.165) is 6.92 Å². The maximum absolute atomic E-state index is 12.4. The van der Waals surface area contributed by atoms with Crippen LogP contribution in [-0.2, 0) is 38.0 Å². The van der Waals surface area contributed by atoms with E-state index in [2.05, 4.69) is 4.99 Å². The van der Waals surface area contributed by atoms with E-state index in [1.165, 1.54) is 0 Å². The Labute approximate surface area is 218 Å². The molecule has 15 nitrogen and oxygen atoms in total. The third kappa shape index (κ3) is 5.69. The molecule has 0 aromatic rings. The molecule has 0 aromatic heterocycles. The maximum atomic E-state index is 12.4. The number of ether oxygens (including phenoxy) is 7. The summed E-state index contributed by atoms with van der Waals surface area (Å²) in [5, 5.41) is 62.3. The number of hydrogen-bond acceptors (Lipinski definition) is 14. The number of carboxylic acid groups (broad SMARTS) is 1. The number of nitrogens with zero attached hydrogens (tertiary/aromatic N) is 1. The van der Waals surface area contributed by atoms with Gasteiger partial charge < -0.3 is 63.8 Å². The first-order chi connectivity index (χ1) is 17.6. The molecule has 11 atom stereocenters. The van der Waals surface area contributed by atoms with Crippen molar-refractivity contribution in [3.8, 4) is 0 Å². The lowest BCUT2D eigenvalue weighted by molar-refractivity contribution is -0.324. The summed E-state index contributed by atoms with van der Waals surface area (Å²) < 4.78 is 41.2. The van der Waals surface area contributed by atoms with E-state index < -0.39 is 110 Å². The number of aliphatic hydroxyl groups excluding tert-OH is 4. The van der Waals surface area contributed by atoms with Crippen LogP contribution < -0.4 is 5.11 Å². The van der Waals surface area contributed by atoms with Crippen LogP contribution in [0.4, 0.5) is 0 Å². The van der Waals surface area contributed by atoms with Crippen molar-refractivity contribution in [1.82, 2.24) is 0 Å². The van der Waals surface area contributed by atoms with Crippen LogP contribution in [0.15, 0.2) is 4.99 Å². The van der Waals surface area contributed by atoms with Crippen molar-refractivity contribution in [2.75, 3.05) is 13.2 Å². The van der Waals surface area contributed by atoms with Crippen molar-refractivity contribution >= 4 is 11.9 Å². The van der Waals surface area contributed by atoms with E-state index in [-0.39, 0.29) is 0 Å². The fraction of sp³-hybridized carbons (Fsp3) is 0.913. The lowest BCUT2D eigenvalue weighted by Crippen LogP contribution is -2.64. The average Bonchev–Trinajstić information content (AvgIpc) is 3.31. The molecule has 4 fully saturated rings. The van der Waals surface area contributed by atoms with Crippen molar-refractivity contribution in [1.29, 1.82) is 0 Å². The molecule has 0 aliphatic carbocycles. The Kier molecular flexibility index (Phi) is 8.13. The molecular formula is C23H36NO14-. The van der Waals surface area contributed by atoms with Crippen molar-refractivity contribution in [3.63, 3.8) is 0 Å². The summed E-state index contributed by atoms with van der Waals surface area (Å²) in [4.78, 5) is 16.1. The molecular weight excluding hydrogens is 514 g/mol. The summed E-state index contributed by atoms with van der Waals surface area (Å²) in [6.07, 6.45) is -11.5. The second kappa shape index (κ2) is 10.5. The van der Waals surface area contributed by atoms with Gasteiger partial charge >= 0.3 is 5.97 Å². The molecule has 38 heavy (non-hydrogen) atoms. The molecule has 0 amide bonds. The number of carboxylic acids is 1. The van der Waals surface area contributed by atoms with Crippen LogP contribution in [-0.4, -0.2) is 129 Å². The van der Waals surface area contributed by atoms with Crippen molar-refractivity contribution in [3.05, 3.63) is 0 Å². The minimum absolute atomic E-state index is 0.438. The predicted molar refractivity (Wildman–Crippen MR) is 120 cm³/mol. The zero-order valence-corrected chi connectivity index (χ0v) is 21.8. The van der Waals surface area contributed by atoms with Gasteiger partial charge in [0.25, 0.3) is 5.79 Å². The summed E-state index contributed by atoms with van der Waals surface area (Å²) in [6.45, 7) is 6.58. The van der Waals surface area contributed by atoms with E-state index in [1.807, 2.05) is 0 Å². The first-order valence-corrected chi connectivity index (χ1v) is 12.4. The summed E-state index contributed by atoms with van der Waals surface area (Å²) in [7, 11) is 0.